The van der Waals surface area contributed by atoms with E-state index in [9.17, 15) is 14.4 Å². The van der Waals surface area contributed by atoms with E-state index in [4.69, 9.17) is 0 Å². The van der Waals surface area contributed by atoms with Crippen molar-refractivity contribution >= 4 is 22.5 Å². The number of fused-ring (bicyclic) bond motifs is 1. The van der Waals surface area contributed by atoms with Gasteiger partial charge in [0.2, 0.25) is 5.91 Å². The van der Waals surface area contributed by atoms with E-state index in [1.165, 1.54) is 6.07 Å². The molecule has 2 aromatic heterocycles. The highest BCUT2D eigenvalue weighted by Gasteiger charge is 2.08. The SMILES string of the molecule is CCc1cc(=O)[nH]c(-c2cccc(NC(=O)CCCc3nc4ccccc4c(=O)[nH]3)c2)n1. The van der Waals surface area contributed by atoms with Crippen molar-refractivity contribution in [3.63, 3.8) is 0 Å². The Bertz CT molecular complexity index is 1390. The van der Waals surface area contributed by atoms with Crippen molar-refractivity contribution in [2.45, 2.75) is 32.6 Å². The zero-order valence-corrected chi connectivity index (χ0v) is 17.6. The average Bonchev–Trinajstić information content (AvgIpc) is 2.79. The Morgan fingerprint density at radius 1 is 1.00 bits per heavy atom. The standard InChI is InChI=1S/C24H23N5O3/c1-2-16-14-22(31)29-23(26-16)15-7-5-8-17(13-15)25-21(30)12-6-11-20-27-19-10-4-3-9-18(19)24(32)28-20/h3-5,7-10,13-14H,2,6,11-12H2,1H3,(H,25,30)(H,26,29,31)(H,27,28,32). The Balaban J connectivity index is 1.39. The van der Waals surface area contributed by atoms with Crippen LogP contribution in [0, 0.1) is 0 Å². The van der Waals surface area contributed by atoms with Gasteiger partial charge in [-0.1, -0.05) is 31.2 Å². The molecule has 1 amide bonds. The highest BCUT2D eigenvalue weighted by atomic mass is 16.1. The van der Waals surface area contributed by atoms with Gasteiger partial charge in [-0.15, -0.1) is 0 Å². The number of hydrogen-bond donors (Lipinski definition) is 3. The summed E-state index contributed by atoms with van der Waals surface area (Å²) < 4.78 is 0. The number of aryl methyl sites for hydroxylation is 2. The van der Waals surface area contributed by atoms with Crippen LogP contribution in [-0.4, -0.2) is 25.8 Å². The first kappa shape index (κ1) is 21.2. The van der Waals surface area contributed by atoms with Gasteiger partial charge in [-0.2, -0.15) is 0 Å². The largest absolute Gasteiger partial charge is 0.326 e. The summed E-state index contributed by atoms with van der Waals surface area (Å²) in [5.74, 6) is 0.889. The number of nitrogens with one attached hydrogen (secondary N) is 3. The first-order valence-corrected chi connectivity index (χ1v) is 10.5. The molecule has 162 valence electrons. The smallest absolute Gasteiger partial charge is 0.258 e. The second-order valence-corrected chi connectivity index (χ2v) is 7.45. The number of para-hydroxylation sites is 1. The fraction of sp³-hybridized carbons (Fsp3) is 0.208. The summed E-state index contributed by atoms with van der Waals surface area (Å²) in [6.45, 7) is 1.94. The molecular weight excluding hydrogens is 406 g/mol. The minimum Gasteiger partial charge on any atom is -0.326 e. The van der Waals surface area contributed by atoms with E-state index in [-0.39, 0.29) is 23.4 Å². The molecule has 32 heavy (non-hydrogen) atoms. The van der Waals surface area contributed by atoms with Crippen LogP contribution < -0.4 is 16.4 Å². The van der Waals surface area contributed by atoms with E-state index in [1.807, 2.05) is 19.1 Å². The molecule has 0 aliphatic heterocycles. The van der Waals surface area contributed by atoms with E-state index >= 15 is 0 Å². The zero-order valence-electron chi connectivity index (χ0n) is 17.6. The highest BCUT2D eigenvalue weighted by Crippen LogP contribution is 2.19. The molecule has 0 aliphatic carbocycles. The Kier molecular flexibility index (Phi) is 6.21. The maximum atomic E-state index is 12.4. The molecule has 0 saturated heterocycles. The molecule has 4 aromatic rings. The van der Waals surface area contributed by atoms with E-state index in [2.05, 4.69) is 25.3 Å². The van der Waals surface area contributed by atoms with Crippen molar-refractivity contribution in [2.75, 3.05) is 5.32 Å². The van der Waals surface area contributed by atoms with Gasteiger partial charge in [0, 0.05) is 35.9 Å². The monoisotopic (exact) mass is 429 g/mol. The van der Waals surface area contributed by atoms with Crippen LogP contribution in [0.4, 0.5) is 5.69 Å². The lowest BCUT2D eigenvalue weighted by atomic mass is 10.1. The normalized spacial score (nSPS) is 10.9. The molecular formula is C24H23N5O3. The third-order valence-electron chi connectivity index (χ3n) is 5.06. The molecule has 2 aromatic carbocycles. The number of aromatic nitrogens is 4. The number of aromatic amines is 2. The van der Waals surface area contributed by atoms with Gasteiger partial charge in [0.25, 0.3) is 11.1 Å². The summed E-state index contributed by atoms with van der Waals surface area (Å²) in [5, 5.41) is 3.42. The molecule has 0 aliphatic rings. The predicted octanol–water partition coefficient (Wildman–Crippen LogP) is 3.20. The number of benzene rings is 2. The van der Waals surface area contributed by atoms with Crippen molar-refractivity contribution in [1.82, 2.24) is 19.9 Å². The van der Waals surface area contributed by atoms with Crippen molar-refractivity contribution in [3.05, 3.63) is 86.8 Å². The van der Waals surface area contributed by atoms with Gasteiger partial charge in [0.15, 0.2) is 0 Å². The Morgan fingerprint density at radius 2 is 1.84 bits per heavy atom. The van der Waals surface area contributed by atoms with Gasteiger partial charge in [-0.3, -0.25) is 14.4 Å². The molecule has 0 atom stereocenters. The molecule has 8 nitrogen and oxygen atoms in total. The number of amides is 1. The van der Waals surface area contributed by atoms with Crippen LogP contribution in [0.15, 0.2) is 64.2 Å². The van der Waals surface area contributed by atoms with Crippen LogP contribution in [0.25, 0.3) is 22.3 Å². The van der Waals surface area contributed by atoms with Crippen molar-refractivity contribution in [2.24, 2.45) is 0 Å². The fourth-order valence-corrected chi connectivity index (χ4v) is 3.46. The maximum absolute atomic E-state index is 12.4. The molecule has 0 saturated carbocycles. The maximum Gasteiger partial charge on any atom is 0.258 e. The lowest BCUT2D eigenvalue weighted by Gasteiger charge is -2.08. The first-order valence-electron chi connectivity index (χ1n) is 10.5. The number of nitrogens with zero attached hydrogens (tertiary/aromatic N) is 2. The van der Waals surface area contributed by atoms with Gasteiger partial charge in [-0.25, -0.2) is 9.97 Å². The van der Waals surface area contributed by atoms with Crippen LogP contribution in [0.5, 0.6) is 0 Å². The van der Waals surface area contributed by atoms with Crippen molar-refractivity contribution in [1.29, 1.82) is 0 Å². The molecule has 2 heterocycles. The number of anilines is 1. The van der Waals surface area contributed by atoms with Gasteiger partial charge < -0.3 is 15.3 Å². The van der Waals surface area contributed by atoms with Crippen LogP contribution >= 0.6 is 0 Å². The van der Waals surface area contributed by atoms with E-state index in [1.54, 1.807) is 36.4 Å². The van der Waals surface area contributed by atoms with Crippen molar-refractivity contribution < 1.29 is 4.79 Å². The minimum atomic E-state index is -0.207. The lowest BCUT2D eigenvalue weighted by Crippen LogP contribution is -2.14. The van der Waals surface area contributed by atoms with E-state index in [0.717, 1.165) is 0 Å². The summed E-state index contributed by atoms with van der Waals surface area (Å²) in [5.41, 5.74) is 2.31. The summed E-state index contributed by atoms with van der Waals surface area (Å²) in [7, 11) is 0. The second-order valence-electron chi connectivity index (χ2n) is 7.45. The average molecular weight is 429 g/mol. The molecule has 4 rings (SSSR count). The second kappa shape index (κ2) is 9.38. The number of carbonyl (C=O) groups excluding carboxylic acids is 1. The van der Waals surface area contributed by atoms with E-state index in [0.29, 0.717) is 58.8 Å². The number of hydrogen-bond acceptors (Lipinski definition) is 5. The van der Waals surface area contributed by atoms with E-state index < -0.39 is 0 Å². The summed E-state index contributed by atoms with van der Waals surface area (Å²) in [4.78, 5) is 50.8. The summed E-state index contributed by atoms with van der Waals surface area (Å²) in [6, 6.07) is 15.8. The zero-order chi connectivity index (χ0) is 22.5. The molecule has 8 heteroatoms. The fourth-order valence-electron chi connectivity index (χ4n) is 3.46. The first-order chi connectivity index (χ1) is 15.5. The topological polar surface area (TPSA) is 121 Å². The number of carbonyl (C=O) groups is 1. The highest BCUT2D eigenvalue weighted by molar-refractivity contribution is 5.91. The van der Waals surface area contributed by atoms with Gasteiger partial charge in [0.05, 0.1) is 10.9 Å². The molecule has 0 radical (unpaired) electrons. The molecule has 0 unspecified atom stereocenters. The number of rotatable bonds is 7. The summed E-state index contributed by atoms with van der Waals surface area (Å²) in [6.07, 6.45) is 1.97. The van der Waals surface area contributed by atoms with Gasteiger partial charge >= 0.3 is 0 Å². The number of H-pyrrole nitrogens is 2. The van der Waals surface area contributed by atoms with Crippen LogP contribution in [0.3, 0.4) is 0 Å². The Morgan fingerprint density at radius 3 is 2.69 bits per heavy atom. The van der Waals surface area contributed by atoms with Crippen LogP contribution in [-0.2, 0) is 17.6 Å². The molecule has 0 bridgehead atoms. The minimum absolute atomic E-state index is 0.144. The van der Waals surface area contributed by atoms with Gasteiger partial charge in [0.1, 0.15) is 11.6 Å². The molecule has 0 spiro atoms. The predicted molar refractivity (Wildman–Crippen MR) is 124 cm³/mol. The third-order valence-corrected chi connectivity index (χ3v) is 5.06. The van der Waals surface area contributed by atoms with Crippen LogP contribution in [0.1, 0.15) is 31.3 Å². The van der Waals surface area contributed by atoms with Crippen LogP contribution in [0.2, 0.25) is 0 Å². The third kappa shape index (κ3) is 4.97. The molecule has 3 N–H and O–H groups in total. The summed E-state index contributed by atoms with van der Waals surface area (Å²) >= 11 is 0. The quantitative estimate of drug-likeness (QED) is 0.417. The molecule has 0 fully saturated rings. The van der Waals surface area contributed by atoms with Gasteiger partial charge in [-0.05, 0) is 37.1 Å². The van der Waals surface area contributed by atoms with Crippen molar-refractivity contribution in [3.8, 4) is 11.4 Å². The Labute approximate surface area is 183 Å². The Hall–Kier alpha value is -4.07. The lowest BCUT2D eigenvalue weighted by molar-refractivity contribution is -0.116.